The summed E-state index contributed by atoms with van der Waals surface area (Å²) in [4.78, 5) is 27.3. The summed E-state index contributed by atoms with van der Waals surface area (Å²) in [5.74, 6) is -0.878. The van der Waals surface area contributed by atoms with Crippen molar-refractivity contribution in [3.8, 4) is 0 Å². The van der Waals surface area contributed by atoms with Crippen molar-refractivity contribution in [2.75, 3.05) is 26.9 Å². The van der Waals surface area contributed by atoms with Gasteiger partial charge in [-0.05, 0) is 18.2 Å². The van der Waals surface area contributed by atoms with Gasteiger partial charge in [-0.1, -0.05) is 0 Å². The third-order valence-corrected chi connectivity index (χ3v) is 3.32. The maximum absolute atomic E-state index is 11.8. The summed E-state index contributed by atoms with van der Waals surface area (Å²) < 4.78 is 10.6. The highest BCUT2D eigenvalue weighted by Gasteiger charge is 2.11. The topological polar surface area (TPSA) is 77.5 Å². The Balaban J connectivity index is 1.86. The second-order valence-corrected chi connectivity index (χ2v) is 4.84. The van der Waals surface area contributed by atoms with Crippen LogP contribution in [0.15, 0.2) is 23.7 Å². The fourth-order valence-corrected chi connectivity index (χ4v) is 2.26. The number of hydrogen-bond acceptors (Lipinski definition) is 6. The monoisotopic (exact) mass is 294 g/mol. The number of benzene rings is 1. The van der Waals surface area contributed by atoms with Gasteiger partial charge in [0.25, 0.3) is 5.91 Å². The first-order valence-electron chi connectivity index (χ1n) is 5.96. The fourth-order valence-electron chi connectivity index (χ4n) is 1.54. The van der Waals surface area contributed by atoms with Crippen LogP contribution in [0, 0.1) is 0 Å². The van der Waals surface area contributed by atoms with Crippen LogP contribution in [0.4, 0.5) is 0 Å². The van der Waals surface area contributed by atoms with E-state index in [-0.39, 0.29) is 12.5 Å². The van der Waals surface area contributed by atoms with Crippen molar-refractivity contribution in [1.82, 2.24) is 10.3 Å². The molecule has 1 aromatic heterocycles. The number of fused-ring (bicyclic) bond motifs is 1. The van der Waals surface area contributed by atoms with E-state index >= 15 is 0 Å². The molecule has 0 aliphatic rings. The molecule has 1 amide bonds. The summed E-state index contributed by atoms with van der Waals surface area (Å²) >= 11 is 1.44. The molecule has 0 saturated carbocycles. The van der Waals surface area contributed by atoms with E-state index in [1.54, 1.807) is 30.8 Å². The molecule has 1 N–H and O–H groups in total. The van der Waals surface area contributed by atoms with Gasteiger partial charge < -0.3 is 14.8 Å². The summed E-state index contributed by atoms with van der Waals surface area (Å²) in [6, 6.07) is 5.09. The average molecular weight is 294 g/mol. The zero-order valence-corrected chi connectivity index (χ0v) is 11.7. The van der Waals surface area contributed by atoms with Gasteiger partial charge in [-0.3, -0.25) is 4.79 Å². The average Bonchev–Trinajstić information content (AvgIpc) is 2.92. The molecule has 0 atom stereocenters. The van der Waals surface area contributed by atoms with Crippen LogP contribution in [0.5, 0.6) is 0 Å². The number of hydrogen-bond donors (Lipinski definition) is 1. The fraction of sp³-hybridized carbons (Fsp3) is 0.308. The Morgan fingerprint density at radius 1 is 1.40 bits per heavy atom. The first-order valence-corrected chi connectivity index (χ1v) is 6.84. The molecule has 1 heterocycles. The van der Waals surface area contributed by atoms with Crippen molar-refractivity contribution in [3.63, 3.8) is 0 Å². The van der Waals surface area contributed by atoms with Gasteiger partial charge in [-0.15, -0.1) is 11.3 Å². The van der Waals surface area contributed by atoms with E-state index in [4.69, 9.17) is 9.47 Å². The highest BCUT2D eigenvalue weighted by molar-refractivity contribution is 7.16. The molecule has 0 aliphatic carbocycles. The smallest absolute Gasteiger partial charge is 0.338 e. The van der Waals surface area contributed by atoms with Gasteiger partial charge in [0.2, 0.25) is 0 Å². The lowest BCUT2D eigenvalue weighted by Gasteiger charge is -2.06. The lowest BCUT2D eigenvalue weighted by atomic mass is 10.2. The number of amides is 1. The Kier molecular flexibility index (Phi) is 5.03. The van der Waals surface area contributed by atoms with Gasteiger partial charge in [-0.25, -0.2) is 9.78 Å². The molecule has 1 aromatic carbocycles. The van der Waals surface area contributed by atoms with Crippen LogP contribution in [-0.2, 0) is 14.3 Å². The van der Waals surface area contributed by atoms with Gasteiger partial charge in [0.1, 0.15) is 0 Å². The van der Waals surface area contributed by atoms with Crippen molar-refractivity contribution in [2.24, 2.45) is 0 Å². The van der Waals surface area contributed by atoms with E-state index in [1.807, 2.05) is 0 Å². The van der Waals surface area contributed by atoms with E-state index < -0.39 is 5.97 Å². The van der Waals surface area contributed by atoms with Crippen LogP contribution in [0.2, 0.25) is 0 Å². The second kappa shape index (κ2) is 6.97. The van der Waals surface area contributed by atoms with Crippen LogP contribution in [-0.4, -0.2) is 43.7 Å². The standard InChI is InChI=1S/C13H14N2O4S/c1-18-5-4-14-12(16)7-19-13(17)9-2-3-10-11(6-9)20-8-15-10/h2-3,6,8H,4-5,7H2,1H3,(H,14,16). The number of methoxy groups -OCH3 is 1. The van der Waals surface area contributed by atoms with Crippen LogP contribution in [0.3, 0.4) is 0 Å². The highest BCUT2D eigenvalue weighted by Crippen LogP contribution is 2.19. The molecule has 106 valence electrons. The Labute approximate surface area is 119 Å². The zero-order chi connectivity index (χ0) is 14.4. The lowest BCUT2D eigenvalue weighted by Crippen LogP contribution is -2.31. The van der Waals surface area contributed by atoms with Crippen molar-refractivity contribution >= 4 is 33.4 Å². The first-order chi connectivity index (χ1) is 9.70. The predicted molar refractivity (Wildman–Crippen MR) is 74.8 cm³/mol. The van der Waals surface area contributed by atoms with Crippen molar-refractivity contribution < 1.29 is 19.1 Å². The zero-order valence-electron chi connectivity index (χ0n) is 10.9. The molecule has 7 heteroatoms. The van der Waals surface area contributed by atoms with E-state index in [9.17, 15) is 9.59 Å². The van der Waals surface area contributed by atoms with Crippen molar-refractivity contribution in [3.05, 3.63) is 29.3 Å². The molecule has 0 spiro atoms. The SMILES string of the molecule is COCCNC(=O)COC(=O)c1ccc2ncsc2c1. The summed E-state index contributed by atoms with van der Waals surface area (Å²) in [6.45, 7) is 0.505. The Hall–Kier alpha value is -1.99. The molecule has 0 unspecified atom stereocenters. The predicted octanol–water partition coefficient (Wildman–Crippen LogP) is 1.22. The lowest BCUT2D eigenvalue weighted by molar-refractivity contribution is -0.124. The third-order valence-electron chi connectivity index (χ3n) is 2.53. The Morgan fingerprint density at radius 2 is 2.25 bits per heavy atom. The summed E-state index contributed by atoms with van der Waals surface area (Å²) in [5, 5.41) is 2.57. The van der Waals surface area contributed by atoms with E-state index in [0.29, 0.717) is 18.7 Å². The summed E-state index contributed by atoms with van der Waals surface area (Å²) in [7, 11) is 1.54. The molecule has 0 saturated heterocycles. The number of rotatable bonds is 6. The molecule has 6 nitrogen and oxygen atoms in total. The van der Waals surface area contributed by atoms with Crippen molar-refractivity contribution in [1.29, 1.82) is 0 Å². The van der Waals surface area contributed by atoms with Gasteiger partial charge in [0.15, 0.2) is 6.61 Å². The van der Waals surface area contributed by atoms with E-state index in [2.05, 4.69) is 10.3 Å². The maximum Gasteiger partial charge on any atom is 0.338 e. The second-order valence-electron chi connectivity index (χ2n) is 3.95. The van der Waals surface area contributed by atoms with Crippen LogP contribution in [0.25, 0.3) is 10.2 Å². The number of nitrogens with one attached hydrogen (secondary N) is 1. The van der Waals surface area contributed by atoms with E-state index in [0.717, 1.165) is 10.2 Å². The molecule has 0 fully saturated rings. The van der Waals surface area contributed by atoms with Gasteiger partial charge in [-0.2, -0.15) is 0 Å². The molecular formula is C13H14N2O4S. The third kappa shape index (κ3) is 3.75. The number of thiazole rings is 1. The van der Waals surface area contributed by atoms with Gasteiger partial charge in [0, 0.05) is 13.7 Å². The number of esters is 1. The number of carbonyl (C=O) groups excluding carboxylic acids is 2. The van der Waals surface area contributed by atoms with Gasteiger partial charge in [0.05, 0.1) is 27.9 Å². The maximum atomic E-state index is 11.8. The molecule has 0 aliphatic heterocycles. The Bertz CT molecular complexity index is 611. The molecule has 0 bridgehead atoms. The molecular weight excluding hydrogens is 280 g/mol. The summed E-state index contributed by atoms with van der Waals surface area (Å²) in [6.07, 6.45) is 0. The van der Waals surface area contributed by atoms with Crippen LogP contribution in [0.1, 0.15) is 10.4 Å². The molecule has 0 radical (unpaired) electrons. The number of carbonyl (C=O) groups is 2. The molecule has 20 heavy (non-hydrogen) atoms. The quantitative estimate of drug-likeness (QED) is 0.640. The van der Waals surface area contributed by atoms with Crippen LogP contribution >= 0.6 is 11.3 Å². The van der Waals surface area contributed by atoms with Crippen LogP contribution < -0.4 is 5.32 Å². The minimum absolute atomic E-state index is 0.302. The Morgan fingerprint density at radius 3 is 3.05 bits per heavy atom. The molecule has 2 rings (SSSR count). The van der Waals surface area contributed by atoms with Gasteiger partial charge >= 0.3 is 5.97 Å². The van der Waals surface area contributed by atoms with E-state index in [1.165, 1.54) is 11.3 Å². The van der Waals surface area contributed by atoms with Crippen molar-refractivity contribution in [2.45, 2.75) is 0 Å². The summed E-state index contributed by atoms with van der Waals surface area (Å²) in [5.41, 5.74) is 2.96. The molecule has 2 aromatic rings. The minimum atomic E-state index is -0.526. The number of ether oxygens (including phenoxy) is 2. The number of nitrogens with zero attached hydrogens (tertiary/aromatic N) is 1. The highest BCUT2D eigenvalue weighted by atomic mass is 32.1. The normalized spacial score (nSPS) is 10.4. The minimum Gasteiger partial charge on any atom is -0.452 e. The number of aromatic nitrogens is 1. The first kappa shape index (κ1) is 14.4. The largest absolute Gasteiger partial charge is 0.452 e.